The fraction of sp³-hybridized carbons (Fsp3) is 0.0667. The molecule has 6 heteroatoms. The van der Waals surface area contributed by atoms with Crippen LogP contribution in [0.2, 0.25) is 0 Å². The van der Waals surface area contributed by atoms with E-state index in [2.05, 4.69) is 15.6 Å². The fourth-order valence-corrected chi connectivity index (χ4v) is 1.56. The molecular formula is C15H14N2O4. The molecule has 0 radical (unpaired) electrons. The van der Waals surface area contributed by atoms with Crippen LogP contribution in [0.15, 0.2) is 54.6 Å². The molecule has 0 fully saturated rings. The van der Waals surface area contributed by atoms with E-state index in [1.807, 2.05) is 6.07 Å². The van der Waals surface area contributed by atoms with Crippen LogP contribution < -0.4 is 15.5 Å². The number of rotatable bonds is 3. The predicted octanol–water partition coefficient (Wildman–Crippen LogP) is 2.59. The first-order chi connectivity index (χ1) is 10.2. The van der Waals surface area contributed by atoms with Crippen LogP contribution in [0, 0.1) is 0 Å². The molecule has 0 aliphatic heterocycles. The first-order valence-electron chi connectivity index (χ1n) is 6.16. The third-order valence-electron chi connectivity index (χ3n) is 2.61. The number of hydroxylamine groups is 1. The van der Waals surface area contributed by atoms with Crippen LogP contribution in [0.3, 0.4) is 0 Å². The maximum Gasteiger partial charge on any atom is 0.436 e. The molecule has 21 heavy (non-hydrogen) atoms. The molecule has 6 nitrogen and oxygen atoms in total. The van der Waals surface area contributed by atoms with Gasteiger partial charge in [0, 0.05) is 11.3 Å². The number of nitrogens with one attached hydrogen (secondary N) is 2. The number of amides is 2. The average molecular weight is 286 g/mol. The minimum Gasteiger partial charge on any atom is -0.497 e. The molecular weight excluding hydrogens is 272 g/mol. The van der Waals surface area contributed by atoms with Gasteiger partial charge in [-0.05, 0) is 36.4 Å². The molecule has 0 aliphatic carbocycles. The van der Waals surface area contributed by atoms with E-state index in [0.29, 0.717) is 17.0 Å². The molecule has 2 aromatic carbocycles. The van der Waals surface area contributed by atoms with E-state index in [1.165, 1.54) is 7.11 Å². The summed E-state index contributed by atoms with van der Waals surface area (Å²) in [5, 5.41) is 2.47. The van der Waals surface area contributed by atoms with Crippen molar-refractivity contribution in [2.45, 2.75) is 0 Å². The van der Waals surface area contributed by atoms with Crippen LogP contribution in [0.4, 0.5) is 10.5 Å². The molecule has 0 spiro atoms. The smallest absolute Gasteiger partial charge is 0.436 e. The minimum atomic E-state index is -0.775. The quantitative estimate of drug-likeness (QED) is 0.850. The van der Waals surface area contributed by atoms with Gasteiger partial charge in [-0.3, -0.25) is 10.1 Å². The number of anilines is 1. The van der Waals surface area contributed by atoms with Crippen LogP contribution in [-0.2, 0) is 4.84 Å². The molecule has 0 saturated heterocycles. The van der Waals surface area contributed by atoms with Crippen LogP contribution in [-0.4, -0.2) is 19.1 Å². The Morgan fingerprint density at radius 2 is 1.62 bits per heavy atom. The van der Waals surface area contributed by atoms with E-state index in [4.69, 9.17) is 4.74 Å². The normalized spacial score (nSPS) is 9.57. The summed E-state index contributed by atoms with van der Waals surface area (Å²) in [5.41, 5.74) is 2.99. The number of methoxy groups -OCH3 is 1. The van der Waals surface area contributed by atoms with Crippen molar-refractivity contribution >= 4 is 17.7 Å². The highest BCUT2D eigenvalue weighted by Crippen LogP contribution is 2.11. The lowest BCUT2D eigenvalue weighted by molar-refractivity contribution is 0.0615. The number of carbonyl (C=O) groups excluding carboxylic acids is 2. The van der Waals surface area contributed by atoms with E-state index < -0.39 is 12.0 Å². The van der Waals surface area contributed by atoms with Crippen LogP contribution >= 0.6 is 0 Å². The second-order valence-electron chi connectivity index (χ2n) is 4.04. The number of hydrogen-bond acceptors (Lipinski definition) is 4. The second kappa shape index (κ2) is 6.95. The summed E-state index contributed by atoms with van der Waals surface area (Å²) in [4.78, 5) is 27.9. The van der Waals surface area contributed by atoms with Gasteiger partial charge < -0.3 is 9.57 Å². The number of carbonyl (C=O) groups is 2. The molecule has 0 aromatic heterocycles. The largest absolute Gasteiger partial charge is 0.497 e. The Morgan fingerprint density at radius 3 is 2.24 bits per heavy atom. The SMILES string of the molecule is COc1ccc(C(=O)NOC(=O)Nc2ccccc2)cc1. The third-order valence-corrected chi connectivity index (χ3v) is 2.61. The van der Waals surface area contributed by atoms with Crippen LogP contribution in [0.5, 0.6) is 5.75 Å². The van der Waals surface area contributed by atoms with Crippen molar-refractivity contribution in [2.75, 3.05) is 12.4 Å². The summed E-state index contributed by atoms with van der Waals surface area (Å²) in [6.45, 7) is 0. The van der Waals surface area contributed by atoms with Gasteiger partial charge in [0.1, 0.15) is 5.75 Å². The number of ether oxygens (including phenoxy) is 1. The second-order valence-corrected chi connectivity index (χ2v) is 4.04. The van der Waals surface area contributed by atoms with Crippen molar-refractivity contribution in [3.63, 3.8) is 0 Å². The molecule has 2 amide bonds. The average Bonchev–Trinajstić information content (AvgIpc) is 2.53. The van der Waals surface area contributed by atoms with Crippen LogP contribution in [0.1, 0.15) is 10.4 Å². The molecule has 2 rings (SSSR count). The molecule has 0 heterocycles. The monoisotopic (exact) mass is 286 g/mol. The fourth-order valence-electron chi connectivity index (χ4n) is 1.56. The standard InChI is InChI=1S/C15H14N2O4/c1-20-13-9-7-11(8-10-13)14(18)17-21-15(19)16-12-5-3-2-4-6-12/h2-10H,1H3,(H,16,19)(H,17,18). The summed E-state index contributed by atoms with van der Waals surface area (Å²) in [6.07, 6.45) is -0.775. The lowest BCUT2D eigenvalue weighted by Crippen LogP contribution is -2.29. The third kappa shape index (κ3) is 4.24. The summed E-state index contributed by atoms with van der Waals surface area (Å²) in [5.74, 6) is 0.107. The summed E-state index contributed by atoms with van der Waals surface area (Å²) < 4.78 is 4.99. The van der Waals surface area contributed by atoms with Gasteiger partial charge in [-0.2, -0.15) is 5.48 Å². The van der Waals surface area contributed by atoms with E-state index in [9.17, 15) is 9.59 Å². The molecule has 0 saturated carbocycles. The maximum absolute atomic E-state index is 11.7. The topological polar surface area (TPSA) is 76.7 Å². The van der Waals surface area contributed by atoms with Crippen molar-refractivity contribution in [3.8, 4) is 5.75 Å². The van der Waals surface area contributed by atoms with Crippen molar-refractivity contribution in [1.82, 2.24) is 5.48 Å². The van der Waals surface area contributed by atoms with Crippen molar-refractivity contribution in [3.05, 3.63) is 60.2 Å². The van der Waals surface area contributed by atoms with Crippen LogP contribution in [0.25, 0.3) is 0 Å². The number of hydrogen-bond donors (Lipinski definition) is 2. The van der Waals surface area contributed by atoms with Crippen molar-refractivity contribution < 1.29 is 19.2 Å². The van der Waals surface area contributed by atoms with Gasteiger partial charge in [-0.1, -0.05) is 18.2 Å². The summed E-state index contributed by atoms with van der Waals surface area (Å²) in [6, 6.07) is 15.2. The van der Waals surface area contributed by atoms with E-state index >= 15 is 0 Å². The summed E-state index contributed by atoms with van der Waals surface area (Å²) in [7, 11) is 1.53. The lowest BCUT2D eigenvalue weighted by atomic mass is 10.2. The minimum absolute atomic E-state index is 0.350. The molecule has 0 unspecified atom stereocenters. The number of para-hydroxylation sites is 1. The van der Waals surface area contributed by atoms with E-state index in [0.717, 1.165) is 0 Å². The van der Waals surface area contributed by atoms with Gasteiger partial charge in [-0.25, -0.2) is 4.79 Å². The lowest BCUT2D eigenvalue weighted by Gasteiger charge is -2.07. The van der Waals surface area contributed by atoms with Gasteiger partial charge >= 0.3 is 6.09 Å². The highest BCUT2D eigenvalue weighted by atomic mass is 16.7. The van der Waals surface area contributed by atoms with Crippen molar-refractivity contribution in [2.24, 2.45) is 0 Å². The molecule has 0 atom stereocenters. The molecule has 0 aliphatic rings. The van der Waals surface area contributed by atoms with E-state index in [-0.39, 0.29) is 0 Å². The van der Waals surface area contributed by atoms with E-state index in [1.54, 1.807) is 48.5 Å². The molecule has 2 N–H and O–H groups in total. The highest BCUT2D eigenvalue weighted by molar-refractivity contribution is 5.95. The van der Waals surface area contributed by atoms with Gasteiger partial charge in [-0.15, -0.1) is 0 Å². The summed E-state index contributed by atoms with van der Waals surface area (Å²) >= 11 is 0. The number of benzene rings is 2. The molecule has 2 aromatic rings. The Labute approximate surface area is 121 Å². The first-order valence-corrected chi connectivity index (χ1v) is 6.16. The Balaban J connectivity index is 1.84. The molecule has 0 bridgehead atoms. The Morgan fingerprint density at radius 1 is 0.952 bits per heavy atom. The molecule has 108 valence electrons. The zero-order valence-electron chi connectivity index (χ0n) is 11.3. The van der Waals surface area contributed by atoms with Gasteiger partial charge in [0.25, 0.3) is 5.91 Å². The Hall–Kier alpha value is -3.02. The van der Waals surface area contributed by atoms with Crippen molar-refractivity contribution in [1.29, 1.82) is 0 Å². The highest BCUT2D eigenvalue weighted by Gasteiger charge is 2.09. The maximum atomic E-state index is 11.7. The first kappa shape index (κ1) is 14.4. The zero-order chi connectivity index (χ0) is 15.1. The van der Waals surface area contributed by atoms with Gasteiger partial charge in [0.05, 0.1) is 7.11 Å². The Kier molecular flexibility index (Phi) is 4.76. The Bertz CT molecular complexity index is 611. The predicted molar refractivity (Wildman–Crippen MR) is 77.0 cm³/mol. The van der Waals surface area contributed by atoms with Gasteiger partial charge in [0.2, 0.25) is 0 Å². The van der Waals surface area contributed by atoms with Gasteiger partial charge in [0.15, 0.2) is 0 Å². The zero-order valence-corrected chi connectivity index (χ0v) is 11.3.